The fourth-order valence-corrected chi connectivity index (χ4v) is 3.11. The summed E-state index contributed by atoms with van der Waals surface area (Å²) in [6.07, 6.45) is 12.9. The molecule has 0 amide bonds. The molecule has 2 aliphatic rings. The van der Waals surface area contributed by atoms with Crippen molar-refractivity contribution in [2.45, 2.75) is 44.1 Å². The Morgan fingerprint density at radius 1 is 1.24 bits per heavy atom. The Kier molecular flexibility index (Phi) is 3.67. The van der Waals surface area contributed by atoms with Gasteiger partial charge in [0.1, 0.15) is 0 Å². The number of hydrogen-bond acceptors (Lipinski definition) is 2. The van der Waals surface area contributed by atoms with Crippen molar-refractivity contribution in [1.29, 1.82) is 0 Å². The predicted octanol–water partition coefficient (Wildman–Crippen LogP) is 2.51. The van der Waals surface area contributed by atoms with Gasteiger partial charge in [-0.3, -0.25) is 4.79 Å². The van der Waals surface area contributed by atoms with Crippen molar-refractivity contribution in [2.75, 3.05) is 0 Å². The molecule has 0 unspecified atom stereocenters. The number of aliphatic hydroxyl groups is 1. The van der Waals surface area contributed by atoms with Gasteiger partial charge in [-0.25, -0.2) is 0 Å². The van der Waals surface area contributed by atoms with Gasteiger partial charge in [0.25, 0.3) is 0 Å². The van der Waals surface area contributed by atoms with Crippen LogP contribution in [-0.4, -0.2) is 21.8 Å². The quantitative estimate of drug-likeness (QED) is 0.791. The molecule has 0 aromatic carbocycles. The van der Waals surface area contributed by atoms with Crippen LogP contribution in [0.4, 0.5) is 0 Å². The summed E-state index contributed by atoms with van der Waals surface area (Å²) in [5.41, 5.74) is -0.951. The Bertz CT molecular complexity index is 339. The van der Waals surface area contributed by atoms with Crippen molar-refractivity contribution >= 4 is 5.97 Å². The third-order valence-electron chi connectivity index (χ3n) is 4.07. The Hall–Kier alpha value is -1.09. The van der Waals surface area contributed by atoms with Crippen LogP contribution < -0.4 is 0 Å². The highest BCUT2D eigenvalue weighted by molar-refractivity contribution is 5.67. The summed E-state index contributed by atoms with van der Waals surface area (Å²) in [6.45, 7) is 0. The number of aliphatic carboxylic acids is 1. The maximum atomic E-state index is 10.9. The molecular weight excluding hydrogens is 216 g/mol. The molecule has 0 aromatic heterocycles. The van der Waals surface area contributed by atoms with E-state index in [1.54, 1.807) is 6.08 Å². The van der Waals surface area contributed by atoms with Crippen molar-refractivity contribution in [3.63, 3.8) is 0 Å². The van der Waals surface area contributed by atoms with Gasteiger partial charge in [-0.1, -0.05) is 43.6 Å². The first kappa shape index (κ1) is 12.4. The Morgan fingerprint density at radius 3 is 2.59 bits per heavy atom. The zero-order valence-corrected chi connectivity index (χ0v) is 10.0. The van der Waals surface area contributed by atoms with Gasteiger partial charge in [0.15, 0.2) is 0 Å². The van der Waals surface area contributed by atoms with Crippen molar-refractivity contribution in [3.05, 3.63) is 24.3 Å². The SMILES string of the molecule is O=C(O)C[C@H]1C=CC=C[C@@]1(O)C1CCCCC1. The summed E-state index contributed by atoms with van der Waals surface area (Å²) >= 11 is 0. The molecule has 94 valence electrons. The first-order valence-electron chi connectivity index (χ1n) is 6.43. The van der Waals surface area contributed by atoms with Crippen LogP contribution in [0.25, 0.3) is 0 Å². The lowest BCUT2D eigenvalue weighted by Gasteiger charge is -2.41. The van der Waals surface area contributed by atoms with Crippen LogP contribution in [0.3, 0.4) is 0 Å². The molecule has 2 aliphatic carbocycles. The number of rotatable bonds is 3. The molecule has 0 aromatic rings. The van der Waals surface area contributed by atoms with Gasteiger partial charge in [-0.2, -0.15) is 0 Å². The zero-order chi connectivity index (χ0) is 12.3. The van der Waals surface area contributed by atoms with Crippen LogP contribution in [0.2, 0.25) is 0 Å². The van der Waals surface area contributed by atoms with Gasteiger partial charge in [0.2, 0.25) is 0 Å². The molecule has 0 spiro atoms. The lowest BCUT2D eigenvalue weighted by atomic mass is 9.68. The first-order chi connectivity index (χ1) is 8.13. The lowest BCUT2D eigenvalue weighted by Crippen LogP contribution is -2.45. The van der Waals surface area contributed by atoms with E-state index in [1.165, 1.54) is 6.42 Å². The van der Waals surface area contributed by atoms with Gasteiger partial charge in [0.05, 0.1) is 12.0 Å². The highest BCUT2D eigenvalue weighted by Gasteiger charge is 2.42. The third-order valence-corrected chi connectivity index (χ3v) is 4.07. The molecule has 1 saturated carbocycles. The average Bonchev–Trinajstić information content (AvgIpc) is 2.33. The average molecular weight is 236 g/mol. The fraction of sp³-hybridized carbons (Fsp3) is 0.643. The molecular formula is C14H20O3. The van der Waals surface area contributed by atoms with E-state index in [9.17, 15) is 9.90 Å². The number of carbonyl (C=O) groups is 1. The summed E-state index contributed by atoms with van der Waals surface area (Å²) in [5.74, 6) is -0.918. The fourth-order valence-electron chi connectivity index (χ4n) is 3.11. The molecule has 2 N–H and O–H groups in total. The van der Waals surface area contributed by atoms with Gasteiger partial charge in [-0.05, 0) is 18.8 Å². The van der Waals surface area contributed by atoms with E-state index in [0.29, 0.717) is 0 Å². The van der Waals surface area contributed by atoms with Crippen molar-refractivity contribution in [2.24, 2.45) is 11.8 Å². The summed E-state index contributed by atoms with van der Waals surface area (Å²) in [6, 6.07) is 0. The molecule has 2 rings (SSSR count). The second kappa shape index (κ2) is 5.05. The maximum absolute atomic E-state index is 10.9. The first-order valence-corrected chi connectivity index (χ1v) is 6.43. The minimum atomic E-state index is -0.951. The molecule has 0 aliphatic heterocycles. The minimum absolute atomic E-state index is 0.00778. The van der Waals surface area contributed by atoms with Gasteiger partial charge >= 0.3 is 5.97 Å². The van der Waals surface area contributed by atoms with Crippen LogP contribution in [0, 0.1) is 11.8 Å². The van der Waals surface area contributed by atoms with Crippen molar-refractivity contribution in [1.82, 2.24) is 0 Å². The van der Waals surface area contributed by atoms with E-state index in [4.69, 9.17) is 5.11 Å². The van der Waals surface area contributed by atoms with E-state index < -0.39 is 11.6 Å². The molecule has 2 atom stereocenters. The number of carboxylic acid groups (broad SMARTS) is 1. The molecule has 3 heteroatoms. The Labute approximate surface area is 102 Å². The molecule has 3 nitrogen and oxygen atoms in total. The molecule has 0 heterocycles. The monoisotopic (exact) mass is 236 g/mol. The van der Waals surface area contributed by atoms with E-state index in [1.807, 2.05) is 18.2 Å². The van der Waals surface area contributed by atoms with Crippen LogP contribution >= 0.6 is 0 Å². The Morgan fingerprint density at radius 2 is 1.94 bits per heavy atom. The van der Waals surface area contributed by atoms with Crippen molar-refractivity contribution in [3.8, 4) is 0 Å². The van der Waals surface area contributed by atoms with Gasteiger partial charge in [-0.15, -0.1) is 0 Å². The van der Waals surface area contributed by atoms with Crippen LogP contribution in [0.1, 0.15) is 38.5 Å². The molecule has 17 heavy (non-hydrogen) atoms. The molecule has 0 bridgehead atoms. The summed E-state index contributed by atoms with van der Waals surface area (Å²) in [4.78, 5) is 10.9. The number of hydrogen-bond donors (Lipinski definition) is 2. The third kappa shape index (κ3) is 2.60. The topological polar surface area (TPSA) is 57.5 Å². The molecule has 1 fully saturated rings. The molecule has 0 radical (unpaired) electrons. The second-order valence-electron chi connectivity index (χ2n) is 5.17. The standard InChI is InChI=1S/C14H20O3/c15-13(16)10-12-8-4-5-9-14(12,17)11-6-2-1-3-7-11/h4-5,8-9,11-12,17H,1-3,6-7,10H2,(H,15,16)/t12-,14-/m1/s1. The molecule has 0 saturated heterocycles. The minimum Gasteiger partial charge on any atom is -0.481 e. The lowest BCUT2D eigenvalue weighted by molar-refractivity contribution is -0.140. The highest BCUT2D eigenvalue weighted by Crippen LogP contribution is 2.41. The van der Waals surface area contributed by atoms with E-state index >= 15 is 0 Å². The summed E-state index contributed by atoms with van der Waals surface area (Å²) in [5, 5.41) is 19.7. The normalized spacial score (nSPS) is 33.8. The van der Waals surface area contributed by atoms with E-state index in [2.05, 4.69) is 0 Å². The largest absolute Gasteiger partial charge is 0.481 e. The second-order valence-corrected chi connectivity index (χ2v) is 5.17. The summed E-state index contributed by atoms with van der Waals surface area (Å²) in [7, 11) is 0. The number of allylic oxidation sites excluding steroid dienone is 2. The van der Waals surface area contributed by atoms with Gasteiger partial charge < -0.3 is 10.2 Å². The van der Waals surface area contributed by atoms with Crippen LogP contribution in [0.5, 0.6) is 0 Å². The zero-order valence-electron chi connectivity index (χ0n) is 10.0. The van der Waals surface area contributed by atoms with E-state index in [0.717, 1.165) is 25.7 Å². The summed E-state index contributed by atoms with van der Waals surface area (Å²) < 4.78 is 0. The van der Waals surface area contributed by atoms with Gasteiger partial charge in [0, 0.05) is 5.92 Å². The highest BCUT2D eigenvalue weighted by atomic mass is 16.4. The van der Waals surface area contributed by atoms with E-state index in [-0.39, 0.29) is 18.3 Å². The smallest absolute Gasteiger partial charge is 0.304 e. The van der Waals surface area contributed by atoms with Crippen molar-refractivity contribution < 1.29 is 15.0 Å². The van der Waals surface area contributed by atoms with Crippen LogP contribution in [0.15, 0.2) is 24.3 Å². The number of carboxylic acids is 1. The Balaban J connectivity index is 2.15. The maximum Gasteiger partial charge on any atom is 0.304 e. The van der Waals surface area contributed by atoms with Crippen LogP contribution in [-0.2, 0) is 4.79 Å². The predicted molar refractivity (Wildman–Crippen MR) is 65.5 cm³/mol.